The van der Waals surface area contributed by atoms with Crippen molar-refractivity contribution in [3.63, 3.8) is 0 Å². The average Bonchev–Trinajstić information content (AvgIpc) is 2.77. The topological polar surface area (TPSA) is 0 Å². The molecular weight excluding hydrogens is 313 g/mol. The van der Waals surface area contributed by atoms with Gasteiger partial charge in [0, 0.05) is 5.92 Å². The van der Waals surface area contributed by atoms with Crippen LogP contribution in [0.15, 0.2) is 48.6 Å². The molecule has 7 heteroatoms. The Hall–Kier alpha value is -1.29. The van der Waals surface area contributed by atoms with E-state index < -0.39 is 7.81 Å². The molecule has 0 aromatic heterocycles. The summed E-state index contributed by atoms with van der Waals surface area (Å²) in [5.41, 5.74) is 2.92. The van der Waals surface area contributed by atoms with Crippen molar-refractivity contribution in [1.29, 1.82) is 0 Å². The van der Waals surface area contributed by atoms with Crippen LogP contribution in [0.25, 0.3) is 0 Å². The molecule has 0 amide bonds. The summed E-state index contributed by atoms with van der Waals surface area (Å²) in [6, 6.07) is 8.72. The summed E-state index contributed by atoms with van der Waals surface area (Å²) in [5.74, 6) is 1.10. The Bertz CT molecular complexity index is 536. The third-order valence-electron chi connectivity index (χ3n) is 2.73. The van der Waals surface area contributed by atoms with Crippen molar-refractivity contribution in [1.82, 2.24) is 0 Å². The second kappa shape index (κ2) is 5.16. The van der Waals surface area contributed by atoms with Gasteiger partial charge in [0.05, 0.1) is 0 Å². The van der Waals surface area contributed by atoms with Gasteiger partial charge < -0.3 is 0 Å². The van der Waals surface area contributed by atoms with Crippen molar-refractivity contribution in [3.05, 3.63) is 59.7 Å². The van der Waals surface area contributed by atoms with Crippen molar-refractivity contribution in [2.24, 2.45) is 0 Å². The minimum Gasteiger partial charge on any atom is 1.00 e. The zero-order chi connectivity index (χ0) is 16.4. The third kappa shape index (κ3) is 8.56. The largest absolute Gasteiger partial charge is 1.00 e. The first-order valence-electron chi connectivity index (χ1n) is 6.24. The first kappa shape index (κ1) is 17.8. The van der Waals surface area contributed by atoms with E-state index in [-0.39, 0.29) is 1.43 Å². The van der Waals surface area contributed by atoms with Gasteiger partial charge in [0.25, 0.3) is 0 Å². The minimum atomic E-state index is -10.7. The van der Waals surface area contributed by atoms with Crippen LogP contribution in [0.4, 0.5) is 25.2 Å². The van der Waals surface area contributed by atoms with Gasteiger partial charge in [0.2, 0.25) is 0 Å². The van der Waals surface area contributed by atoms with E-state index in [1.54, 1.807) is 0 Å². The van der Waals surface area contributed by atoms with Gasteiger partial charge in [-0.3, -0.25) is 0 Å². The van der Waals surface area contributed by atoms with Gasteiger partial charge in [-0.05, 0) is 17.0 Å². The minimum absolute atomic E-state index is 0. The second-order valence-electron chi connectivity index (χ2n) is 5.04. The molecule has 0 radical (unpaired) electrons. The standard InChI is InChI=1S/C14H16.F6P/c1-11(2)13-9-5-6-10-14(13)12-7-3-4-8-12;1-7(2,3,4,5)6/h3-12H,1-2H3;/q;-1/p+1. The van der Waals surface area contributed by atoms with Crippen molar-refractivity contribution >= 4 is 7.81 Å². The molecule has 1 aromatic rings. The number of rotatable bonds is 2. The van der Waals surface area contributed by atoms with Gasteiger partial charge in [-0.25, -0.2) is 0 Å². The van der Waals surface area contributed by atoms with Crippen LogP contribution < -0.4 is 0 Å². The van der Waals surface area contributed by atoms with Crippen LogP contribution in [0.1, 0.15) is 38.2 Å². The van der Waals surface area contributed by atoms with Gasteiger partial charge in [0.1, 0.15) is 0 Å². The summed E-state index contributed by atoms with van der Waals surface area (Å²) < 4.78 is 59.2. The van der Waals surface area contributed by atoms with E-state index in [1.807, 2.05) is 0 Å². The summed E-state index contributed by atoms with van der Waals surface area (Å²) in [5, 5.41) is 0. The summed E-state index contributed by atoms with van der Waals surface area (Å²) in [6.45, 7) is 4.50. The molecule has 0 nitrogen and oxygen atoms in total. The molecule has 0 fully saturated rings. The Kier molecular flexibility index (Phi) is 4.37. The molecular formula is C14H17F6P. The Labute approximate surface area is 120 Å². The molecule has 1 aliphatic rings. The maximum absolute atomic E-state index is 10.7. The van der Waals surface area contributed by atoms with Gasteiger partial charge in [0.15, 0.2) is 0 Å². The molecule has 0 N–H and O–H groups in total. The van der Waals surface area contributed by atoms with Crippen LogP contribution in [-0.4, -0.2) is 0 Å². The van der Waals surface area contributed by atoms with E-state index >= 15 is 0 Å². The number of allylic oxidation sites excluding steroid dienone is 4. The fraction of sp³-hybridized carbons (Fsp3) is 0.286. The fourth-order valence-electron chi connectivity index (χ4n) is 1.98. The van der Waals surface area contributed by atoms with Gasteiger partial charge in [-0.15, -0.1) is 0 Å². The molecule has 1 aromatic carbocycles. The molecule has 0 atom stereocenters. The third-order valence-corrected chi connectivity index (χ3v) is 2.73. The van der Waals surface area contributed by atoms with Crippen LogP contribution >= 0.6 is 7.81 Å². The second-order valence-corrected chi connectivity index (χ2v) is 6.95. The molecule has 0 saturated heterocycles. The predicted octanol–water partition coefficient (Wildman–Crippen LogP) is 7.51. The van der Waals surface area contributed by atoms with Crippen LogP contribution in [0.3, 0.4) is 0 Å². The van der Waals surface area contributed by atoms with Crippen LogP contribution in [0, 0.1) is 0 Å². The van der Waals surface area contributed by atoms with Gasteiger partial charge >= 0.3 is 34.4 Å². The molecule has 1 aliphatic carbocycles. The SMILES string of the molecule is CC(C)c1ccccc1C1C=CC=C1.F[P-](F)(F)(F)(F)F.[H+]. The average molecular weight is 330 g/mol. The molecule has 0 unspecified atom stereocenters. The maximum Gasteiger partial charge on any atom is 1.00 e. The molecule has 120 valence electrons. The van der Waals surface area contributed by atoms with Crippen molar-refractivity contribution in [2.45, 2.75) is 25.7 Å². The van der Waals surface area contributed by atoms with Crippen LogP contribution in [-0.2, 0) is 0 Å². The first-order valence-corrected chi connectivity index (χ1v) is 8.27. The first-order chi connectivity index (χ1) is 9.24. The van der Waals surface area contributed by atoms with Crippen LogP contribution in [0.5, 0.6) is 0 Å². The molecule has 0 spiro atoms. The van der Waals surface area contributed by atoms with Crippen LogP contribution in [0.2, 0.25) is 0 Å². The fourth-order valence-corrected chi connectivity index (χ4v) is 1.98. The Morgan fingerprint density at radius 1 is 0.905 bits per heavy atom. The molecule has 2 rings (SSSR count). The Morgan fingerprint density at radius 3 is 1.76 bits per heavy atom. The Balaban J connectivity index is 0.000000478. The molecule has 0 saturated carbocycles. The summed E-state index contributed by atoms with van der Waals surface area (Å²) in [4.78, 5) is 0. The zero-order valence-electron chi connectivity index (χ0n) is 12.5. The molecule has 0 bridgehead atoms. The van der Waals surface area contributed by atoms with E-state index in [4.69, 9.17) is 0 Å². The summed E-state index contributed by atoms with van der Waals surface area (Å²) in [7, 11) is -10.7. The van der Waals surface area contributed by atoms with Gasteiger partial charge in [-0.1, -0.05) is 62.4 Å². The molecule has 0 heterocycles. The van der Waals surface area contributed by atoms with E-state index in [2.05, 4.69) is 62.4 Å². The van der Waals surface area contributed by atoms with Crippen molar-refractivity contribution in [2.75, 3.05) is 0 Å². The Morgan fingerprint density at radius 2 is 1.33 bits per heavy atom. The number of hydrogen-bond acceptors (Lipinski definition) is 0. The van der Waals surface area contributed by atoms with E-state index in [9.17, 15) is 25.2 Å². The van der Waals surface area contributed by atoms with E-state index in [1.165, 1.54) is 11.1 Å². The summed E-state index contributed by atoms with van der Waals surface area (Å²) >= 11 is 0. The normalized spacial score (nSPS) is 18.1. The molecule has 21 heavy (non-hydrogen) atoms. The quantitative estimate of drug-likeness (QED) is 0.389. The van der Waals surface area contributed by atoms with Gasteiger partial charge in [-0.2, -0.15) is 0 Å². The van der Waals surface area contributed by atoms with Crippen molar-refractivity contribution in [3.8, 4) is 0 Å². The maximum atomic E-state index is 9.87. The number of halogens is 6. The number of hydrogen-bond donors (Lipinski definition) is 0. The monoisotopic (exact) mass is 330 g/mol. The smallest absolute Gasteiger partial charge is 1.00 e. The summed E-state index contributed by atoms with van der Waals surface area (Å²) in [6.07, 6.45) is 8.76. The zero-order valence-corrected chi connectivity index (χ0v) is 12.4. The van der Waals surface area contributed by atoms with E-state index in [0.717, 1.165) is 0 Å². The molecule has 0 aliphatic heterocycles. The predicted molar refractivity (Wildman–Crippen MR) is 76.2 cm³/mol. The van der Waals surface area contributed by atoms with Crippen molar-refractivity contribution < 1.29 is 26.6 Å². The van der Waals surface area contributed by atoms with E-state index in [0.29, 0.717) is 11.8 Å². The number of benzene rings is 1.